The van der Waals surface area contributed by atoms with Crippen molar-refractivity contribution in [1.29, 1.82) is 0 Å². The van der Waals surface area contributed by atoms with Crippen molar-refractivity contribution in [3.05, 3.63) is 39.8 Å². The third-order valence-corrected chi connectivity index (χ3v) is 4.94. The third kappa shape index (κ3) is 7.49. The molecule has 0 amide bonds. The van der Waals surface area contributed by atoms with Crippen LogP contribution < -0.4 is 20.1 Å². The van der Waals surface area contributed by atoms with E-state index >= 15 is 0 Å². The van der Waals surface area contributed by atoms with Crippen LogP contribution in [0.25, 0.3) is 0 Å². The van der Waals surface area contributed by atoms with Gasteiger partial charge in [-0.2, -0.15) is 8.78 Å². The van der Waals surface area contributed by atoms with Gasteiger partial charge in [0.25, 0.3) is 0 Å². The molecule has 0 radical (unpaired) electrons. The van der Waals surface area contributed by atoms with Gasteiger partial charge in [0.2, 0.25) is 0 Å². The first kappa shape index (κ1) is 22.9. The predicted octanol–water partition coefficient (Wildman–Crippen LogP) is 4.00. The Morgan fingerprint density at radius 1 is 1.24 bits per heavy atom. The topological polar surface area (TPSA) is 67.8 Å². The van der Waals surface area contributed by atoms with Crippen molar-refractivity contribution in [2.45, 2.75) is 46.8 Å². The van der Waals surface area contributed by atoms with E-state index in [0.717, 1.165) is 23.5 Å². The van der Waals surface area contributed by atoms with E-state index in [1.165, 1.54) is 0 Å². The van der Waals surface area contributed by atoms with Crippen LogP contribution in [-0.2, 0) is 19.4 Å². The summed E-state index contributed by atoms with van der Waals surface area (Å²) in [7, 11) is 0. The number of guanidine groups is 1. The van der Waals surface area contributed by atoms with Crippen molar-refractivity contribution in [1.82, 2.24) is 15.6 Å². The Balaban J connectivity index is 2.05. The van der Waals surface area contributed by atoms with Gasteiger partial charge in [-0.15, -0.1) is 11.3 Å². The van der Waals surface area contributed by atoms with Crippen LogP contribution in [0.3, 0.4) is 0 Å². The smallest absolute Gasteiger partial charge is 0.387 e. The van der Waals surface area contributed by atoms with Gasteiger partial charge in [-0.3, -0.25) is 0 Å². The second-order valence-corrected chi connectivity index (χ2v) is 6.96. The molecule has 29 heavy (non-hydrogen) atoms. The number of thiazole rings is 1. The molecule has 0 spiro atoms. The molecule has 0 saturated heterocycles. The van der Waals surface area contributed by atoms with Gasteiger partial charge in [-0.1, -0.05) is 19.1 Å². The number of aryl methyl sites for hydroxylation is 1. The highest BCUT2D eigenvalue weighted by molar-refractivity contribution is 7.09. The zero-order chi connectivity index (χ0) is 21.1. The minimum atomic E-state index is -2.93. The number of nitrogens with one attached hydrogen (secondary N) is 2. The number of nitrogens with zero attached hydrogens (tertiary/aromatic N) is 2. The highest BCUT2D eigenvalue weighted by atomic mass is 32.1. The summed E-state index contributed by atoms with van der Waals surface area (Å²) in [6, 6.07) is 5.05. The second-order valence-electron chi connectivity index (χ2n) is 6.01. The molecule has 0 aliphatic rings. The minimum Gasteiger partial charge on any atom is -0.490 e. The summed E-state index contributed by atoms with van der Waals surface area (Å²) in [5, 5.41) is 9.60. The van der Waals surface area contributed by atoms with Gasteiger partial charge in [0.15, 0.2) is 17.5 Å². The molecule has 0 saturated carbocycles. The summed E-state index contributed by atoms with van der Waals surface area (Å²) < 4.78 is 35.8. The van der Waals surface area contributed by atoms with Crippen molar-refractivity contribution >= 4 is 17.3 Å². The number of benzene rings is 1. The van der Waals surface area contributed by atoms with Crippen LogP contribution in [0.2, 0.25) is 0 Å². The van der Waals surface area contributed by atoms with Crippen LogP contribution in [0.1, 0.15) is 37.0 Å². The van der Waals surface area contributed by atoms with Gasteiger partial charge in [-0.25, -0.2) is 9.98 Å². The SMILES string of the molecule is CCNC(=NCc1cccc(OCC)c1OC(F)F)NCCc1csc(CC)n1. The van der Waals surface area contributed by atoms with E-state index in [9.17, 15) is 8.78 Å². The zero-order valence-corrected chi connectivity index (χ0v) is 17.8. The van der Waals surface area contributed by atoms with Crippen molar-refractivity contribution in [3.63, 3.8) is 0 Å². The summed E-state index contributed by atoms with van der Waals surface area (Å²) in [6.07, 6.45) is 1.71. The number of hydrogen-bond donors (Lipinski definition) is 2. The summed E-state index contributed by atoms with van der Waals surface area (Å²) >= 11 is 1.67. The number of ether oxygens (including phenoxy) is 2. The first-order valence-corrected chi connectivity index (χ1v) is 10.6. The molecule has 0 aliphatic heterocycles. The van der Waals surface area contributed by atoms with Crippen molar-refractivity contribution < 1.29 is 18.3 Å². The van der Waals surface area contributed by atoms with Gasteiger partial charge in [-0.05, 0) is 26.3 Å². The molecular weight excluding hydrogens is 398 g/mol. The summed E-state index contributed by atoms with van der Waals surface area (Å²) in [4.78, 5) is 9.05. The molecule has 0 aliphatic carbocycles. The molecule has 1 aromatic carbocycles. The maximum Gasteiger partial charge on any atom is 0.387 e. The molecular formula is C20H28F2N4O2S. The highest BCUT2D eigenvalue weighted by Crippen LogP contribution is 2.33. The molecule has 2 rings (SSSR count). The number of rotatable bonds is 11. The van der Waals surface area contributed by atoms with Gasteiger partial charge < -0.3 is 20.1 Å². The average molecular weight is 427 g/mol. The lowest BCUT2D eigenvalue weighted by Gasteiger charge is -2.15. The molecule has 1 heterocycles. The van der Waals surface area contributed by atoms with E-state index in [0.29, 0.717) is 31.2 Å². The van der Waals surface area contributed by atoms with Crippen LogP contribution in [0.5, 0.6) is 11.5 Å². The molecule has 2 N–H and O–H groups in total. The average Bonchev–Trinajstić information content (AvgIpc) is 3.16. The monoisotopic (exact) mass is 426 g/mol. The van der Waals surface area contributed by atoms with Crippen LogP contribution in [-0.4, -0.2) is 37.3 Å². The Kier molecular flexibility index (Phi) is 9.63. The first-order valence-electron chi connectivity index (χ1n) is 9.72. The molecule has 6 nitrogen and oxygen atoms in total. The van der Waals surface area contributed by atoms with E-state index in [1.807, 2.05) is 6.92 Å². The fraction of sp³-hybridized carbons (Fsp3) is 0.500. The Hall–Kier alpha value is -2.42. The molecule has 0 bridgehead atoms. The lowest BCUT2D eigenvalue weighted by atomic mass is 10.2. The highest BCUT2D eigenvalue weighted by Gasteiger charge is 2.15. The Labute approximate surface area is 174 Å². The normalized spacial score (nSPS) is 11.6. The predicted molar refractivity (Wildman–Crippen MR) is 112 cm³/mol. The van der Waals surface area contributed by atoms with E-state index in [2.05, 4.69) is 32.9 Å². The Morgan fingerprint density at radius 2 is 2.07 bits per heavy atom. The molecule has 0 unspecified atom stereocenters. The standard InChI is InChI=1S/C20H28F2N4O2S/c1-4-17-26-15(13-29-17)10-11-24-20(23-5-2)25-12-14-8-7-9-16(27-6-3)18(14)28-19(21)22/h7-9,13,19H,4-6,10-12H2,1-3H3,(H2,23,24,25). The van der Waals surface area contributed by atoms with Crippen LogP contribution in [0, 0.1) is 0 Å². The molecule has 2 aromatic rings. The summed E-state index contributed by atoms with van der Waals surface area (Å²) in [6.45, 7) is 4.78. The number of halogens is 2. The number of aliphatic imine (C=N–C) groups is 1. The molecule has 0 fully saturated rings. The lowest BCUT2D eigenvalue weighted by molar-refractivity contribution is -0.0520. The minimum absolute atomic E-state index is 0.0264. The fourth-order valence-corrected chi connectivity index (χ4v) is 3.40. The first-order chi connectivity index (χ1) is 14.1. The maximum atomic E-state index is 12.9. The van der Waals surface area contributed by atoms with Crippen LogP contribution >= 0.6 is 11.3 Å². The molecule has 0 atom stereocenters. The van der Waals surface area contributed by atoms with Gasteiger partial charge >= 0.3 is 6.61 Å². The van der Waals surface area contributed by atoms with Crippen LogP contribution in [0.4, 0.5) is 8.78 Å². The van der Waals surface area contributed by atoms with Gasteiger partial charge in [0, 0.05) is 30.5 Å². The quantitative estimate of drug-likeness (QED) is 0.420. The third-order valence-electron chi connectivity index (χ3n) is 3.89. The van der Waals surface area contributed by atoms with Gasteiger partial charge in [0.1, 0.15) is 0 Å². The number of hydrogen-bond acceptors (Lipinski definition) is 5. The summed E-state index contributed by atoms with van der Waals surface area (Å²) in [5.41, 5.74) is 1.58. The van der Waals surface area contributed by atoms with E-state index in [-0.39, 0.29) is 18.0 Å². The number of para-hydroxylation sites is 1. The van der Waals surface area contributed by atoms with Crippen molar-refractivity contribution in [2.24, 2.45) is 4.99 Å². The van der Waals surface area contributed by atoms with E-state index < -0.39 is 6.61 Å². The molecule has 160 valence electrons. The van der Waals surface area contributed by atoms with Crippen molar-refractivity contribution in [3.8, 4) is 11.5 Å². The Morgan fingerprint density at radius 3 is 2.72 bits per heavy atom. The molecule has 1 aromatic heterocycles. The maximum absolute atomic E-state index is 12.9. The van der Waals surface area contributed by atoms with E-state index in [4.69, 9.17) is 9.47 Å². The number of aromatic nitrogens is 1. The molecule has 9 heteroatoms. The zero-order valence-electron chi connectivity index (χ0n) is 17.0. The second kappa shape index (κ2) is 12.2. The number of alkyl halides is 2. The fourth-order valence-electron chi connectivity index (χ4n) is 2.62. The van der Waals surface area contributed by atoms with E-state index in [1.54, 1.807) is 36.5 Å². The van der Waals surface area contributed by atoms with Crippen LogP contribution in [0.15, 0.2) is 28.6 Å². The Bertz CT molecular complexity index is 784. The van der Waals surface area contributed by atoms with Crippen molar-refractivity contribution in [2.75, 3.05) is 19.7 Å². The largest absolute Gasteiger partial charge is 0.490 e. The lowest BCUT2D eigenvalue weighted by Crippen LogP contribution is -2.38. The summed E-state index contributed by atoms with van der Waals surface area (Å²) in [5.74, 6) is 0.912. The van der Waals surface area contributed by atoms with Gasteiger partial charge in [0.05, 0.1) is 23.9 Å².